The van der Waals surface area contributed by atoms with Crippen LogP contribution in [0.5, 0.6) is 0 Å². The highest BCUT2D eigenvalue weighted by atomic mass is 32.2. The third-order valence-corrected chi connectivity index (χ3v) is 4.11. The second kappa shape index (κ2) is 8.21. The van der Waals surface area contributed by atoms with Crippen molar-refractivity contribution < 1.29 is 39.3 Å². The molecule has 0 aliphatic carbocycles. The standard InChI is InChI=1S/C11H18F6O3S/c12-10(13,14)7-5-3-1-2-4-6-9(21(18,19)20)8-11(15,16)17/h9H,1-8H2,(H,18,19,20). The van der Waals surface area contributed by atoms with Crippen molar-refractivity contribution in [3.05, 3.63) is 0 Å². The lowest BCUT2D eigenvalue weighted by Crippen LogP contribution is -2.27. The Bertz CT molecular complexity index is 388. The lowest BCUT2D eigenvalue weighted by molar-refractivity contribution is -0.136. The number of unbranched alkanes of at least 4 members (excludes halogenated alkanes) is 4. The molecule has 0 rings (SSSR count). The normalized spacial score (nSPS) is 15.2. The zero-order valence-electron chi connectivity index (χ0n) is 11.2. The second-order valence-electron chi connectivity index (χ2n) is 4.88. The Hall–Kier alpha value is -0.510. The number of rotatable bonds is 9. The largest absolute Gasteiger partial charge is 0.390 e. The molecule has 0 bridgehead atoms. The van der Waals surface area contributed by atoms with Crippen molar-refractivity contribution in [2.24, 2.45) is 0 Å². The maximum atomic E-state index is 12.1. The van der Waals surface area contributed by atoms with Crippen LogP contribution in [-0.4, -0.2) is 30.6 Å². The van der Waals surface area contributed by atoms with Crippen molar-refractivity contribution >= 4 is 10.1 Å². The molecule has 0 aromatic carbocycles. The smallest absolute Gasteiger partial charge is 0.285 e. The average molecular weight is 344 g/mol. The maximum Gasteiger partial charge on any atom is 0.390 e. The van der Waals surface area contributed by atoms with Crippen LogP contribution in [0.3, 0.4) is 0 Å². The van der Waals surface area contributed by atoms with E-state index in [9.17, 15) is 34.8 Å². The zero-order chi connectivity index (χ0) is 16.7. The summed E-state index contributed by atoms with van der Waals surface area (Å²) < 4.78 is 102. The second-order valence-corrected chi connectivity index (χ2v) is 6.57. The van der Waals surface area contributed by atoms with Crippen LogP contribution in [0.4, 0.5) is 26.3 Å². The molecule has 0 fully saturated rings. The summed E-state index contributed by atoms with van der Waals surface area (Å²) in [6.45, 7) is 0. The van der Waals surface area contributed by atoms with Gasteiger partial charge in [0.1, 0.15) is 0 Å². The van der Waals surface area contributed by atoms with Gasteiger partial charge in [0.05, 0.1) is 11.7 Å². The van der Waals surface area contributed by atoms with Gasteiger partial charge in [0.25, 0.3) is 10.1 Å². The van der Waals surface area contributed by atoms with E-state index in [-0.39, 0.29) is 25.7 Å². The average Bonchev–Trinajstić information content (AvgIpc) is 2.21. The molecular formula is C11H18F6O3S. The van der Waals surface area contributed by atoms with Crippen molar-refractivity contribution in [1.29, 1.82) is 0 Å². The molecule has 0 aliphatic rings. The van der Waals surface area contributed by atoms with Crippen molar-refractivity contribution in [2.45, 2.75) is 69.0 Å². The molecule has 0 saturated carbocycles. The lowest BCUT2D eigenvalue weighted by atomic mass is 10.1. The third-order valence-electron chi connectivity index (χ3n) is 2.87. The van der Waals surface area contributed by atoms with E-state index in [0.29, 0.717) is 12.8 Å². The van der Waals surface area contributed by atoms with E-state index in [1.165, 1.54) is 0 Å². The SMILES string of the molecule is O=S(=O)(O)C(CCCCCCCC(F)(F)F)CC(F)(F)F. The quantitative estimate of drug-likeness (QED) is 0.381. The van der Waals surface area contributed by atoms with E-state index in [2.05, 4.69) is 0 Å². The van der Waals surface area contributed by atoms with Crippen molar-refractivity contribution in [2.75, 3.05) is 0 Å². The van der Waals surface area contributed by atoms with Crippen molar-refractivity contribution in [3.8, 4) is 0 Å². The van der Waals surface area contributed by atoms with E-state index in [4.69, 9.17) is 4.55 Å². The molecule has 0 heterocycles. The van der Waals surface area contributed by atoms with Crippen LogP contribution >= 0.6 is 0 Å². The minimum atomic E-state index is -4.78. The zero-order valence-corrected chi connectivity index (χ0v) is 12.0. The first-order valence-corrected chi connectivity index (χ1v) is 7.91. The minimum absolute atomic E-state index is 0.0617. The van der Waals surface area contributed by atoms with E-state index in [0.717, 1.165) is 0 Å². The Kier molecular flexibility index (Phi) is 8.01. The van der Waals surface area contributed by atoms with Gasteiger partial charge in [0, 0.05) is 6.42 Å². The molecule has 0 aromatic heterocycles. The first-order valence-electron chi connectivity index (χ1n) is 6.41. The van der Waals surface area contributed by atoms with Crippen LogP contribution in [0.15, 0.2) is 0 Å². The highest BCUT2D eigenvalue weighted by Crippen LogP contribution is 2.28. The Morgan fingerprint density at radius 2 is 1.29 bits per heavy atom. The monoisotopic (exact) mass is 344 g/mol. The molecule has 0 aliphatic heterocycles. The molecule has 0 radical (unpaired) electrons. The van der Waals surface area contributed by atoms with Gasteiger partial charge in [-0.1, -0.05) is 25.7 Å². The fourth-order valence-electron chi connectivity index (χ4n) is 1.84. The number of halogens is 6. The van der Waals surface area contributed by atoms with Crippen molar-refractivity contribution in [1.82, 2.24) is 0 Å². The van der Waals surface area contributed by atoms with Gasteiger partial charge in [0.15, 0.2) is 0 Å². The van der Waals surface area contributed by atoms with Crippen molar-refractivity contribution in [3.63, 3.8) is 0 Å². The molecule has 1 unspecified atom stereocenters. The lowest BCUT2D eigenvalue weighted by Gasteiger charge is -2.15. The molecule has 0 amide bonds. The fourth-order valence-corrected chi connectivity index (χ4v) is 2.71. The van der Waals surface area contributed by atoms with Gasteiger partial charge in [-0.15, -0.1) is 0 Å². The Morgan fingerprint density at radius 1 is 0.810 bits per heavy atom. The van der Waals surface area contributed by atoms with Gasteiger partial charge in [0.2, 0.25) is 0 Å². The molecule has 0 saturated heterocycles. The predicted octanol–water partition coefficient (Wildman–Crippen LogP) is 4.49. The summed E-state index contributed by atoms with van der Waals surface area (Å²) in [5.41, 5.74) is 0. The first-order chi connectivity index (χ1) is 9.31. The maximum absolute atomic E-state index is 12.1. The highest BCUT2D eigenvalue weighted by Gasteiger charge is 2.37. The summed E-state index contributed by atoms with van der Waals surface area (Å²) in [5.74, 6) is 0. The summed E-state index contributed by atoms with van der Waals surface area (Å²) in [4.78, 5) is 0. The number of alkyl halides is 6. The Labute approximate surface area is 119 Å². The minimum Gasteiger partial charge on any atom is -0.285 e. The van der Waals surface area contributed by atoms with Crippen LogP contribution < -0.4 is 0 Å². The van der Waals surface area contributed by atoms with E-state index in [1.54, 1.807) is 0 Å². The Morgan fingerprint density at radius 3 is 1.71 bits per heavy atom. The highest BCUT2D eigenvalue weighted by molar-refractivity contribution is 7.86. The van der Waals surface area contributed by atoms with E-state index < -0.39 is 40.6 Å². The van der Waals surface area contributed by atoms with Gasteiger partial charge in [-0.2, -0.15) is 34.8 Å². The van der Waals surface area contributed by atoms with Crippen LogP contribution in [0.1, 0.15) is 51.4 Å². The molecule has 0 aromatic rings. The molecule has 10 heteroatoms. The number of hydrogen-bond donors (Lipinski definition) is 1. The summed E-state index contributed by atoms with van der Waals surface area (Å²) in [7, 11) is -4.78. The summed E-state index contributed by atoms with van der Waals surface area (Å²) >= 11 is 0. The predicted molar refractivity (Wildman–Crippen MR) is 64.4 cm³/mol. The summed E-state index contributed by atoms with van der Waals surface area (Å²) in [6, 6.07) is 0. The van der Waals surface area contributed by atoms with E-state index in [1.807, 2.05) is 0 Å². The molecule has 21 heavy (non-hydrogen) atoms. The van der Waals surface area contributed by atoms with Gasteiger partial charge < -0.3 is 0 Å². The van der Waals surface area contributed by atoms with E-state index >= 15 is 0 Å². The molecule has 1 atom stereocenters. The van der Waals surface area contributed by atoms with Crippen LogP contribution in [0.2, 0.25) is 0 Å². The van der Waals surface area contributed by atoms with Gasteiger partial charge in [-0.25, -0.2) is 0 Å². The molecular weight excluding hydrogens is 326 g/mol. The summed E-state index contributed by atoms with van der Waals surface area (Å²) in [6.07, 6.45) is -10.8. The molecule has 0 spiro atoms. The van der Waals surface area contributed by atoms with Crippen LogP contribution in [0, 0.1) is 0 Å². The fraction of sp³-hybridized carbons (Fsp3) is 1.00. The molecule has 1 N–H and O–H groups in total. The molecule has 128 valence electrons. The van der Waals surface area contributed by atoms with Gasteiger partial charge in [-0.05, 0) is 12.8 Å². The van der Waals surface area contributed by atoms with Gasteiger partial charge in [-0.3, -0.25) is 4.55 Å². The third kappa shape index (κ3) is 12.9. The topological polar surface area (TPSA) is 54.4 Å². The molecule has 3 nitrogen and oxygen atoms in total. The van der Waals surface area contributed by atoms with Crippen LogP contribution in [-0.2, 0) is 10.1 Å². The first kappa shape index (κ1) is 20.5. The number of hydrogen-bond acceptors (Lipinski definition) is 2. The van der Waals surface area contributed by atoms with Crippen LogP contribution in [0.25, 0.3) is 0 Å². The Balaban J connectivity index is 3.96. The van der Waals surface area contributed by atoms with Gasteiger partial charge >= 0.3 is 12.4 Å². The summed E-state index contributed by atoms with van der Waals surface area (Å²) in [5, 5.41) is -1.91.